The van der Waals surface area contributed by atoms with Crippen molar-refractivity contribution in [1.29, 1.82) is 0 Å². The Morgan fingerprint density at radius 1 is 1.40 bits per heavy atom. The molecule has 0 N–H and O–H groups in total. The van der Waals surface area contributed by atoms with Crippen molar-refractivity contribution in [2.75, 3.05) is 0 Å². The number of fused-ring (bicyclic) bond motifs is 1. The molecule has 0 spiro atoms. The fraction of sp³-hybridized carbons (Fsp3) is 0.357. The quantitative estimate of drug-likeness (QED) is 0.671. The Hall–Kier alpha value is -1.37. The van der Waals surface area contributed by atoms with Gasteiger partial charge in [-0.2, -0.15) is 0 Å². The minimum atomic E-state index is -0.337. The summed E-state index contributed by atoms with van der Waals surface area (Å²) in [4.78, 5) is 12.0. The zero-order valence-corrected chi connectivity index (χ0v) is 9.12. The van der Waals surface area contributed by atoms with Crippen molar-refractivity contribution in [2.24, 2.45) is 0 Å². The zero-order chi connectivity index (χ0) is 10.9. The van der Waals surface area contributed by atoms with Gasteiger partial charge in [0.05, 0.1) is 5.41 Å². The van der Waals surface area contributed by atoms with E-state index in [0.29, 0.717) is 12.2 Å². The molecule has 1 aliphatic carbocycles. The molecule has 1 aliphatic rings. The number of carbonyl (C=O) groups excluding carboxylic acids is 1. The monoisotopic (exact) mass is 200 g/mol. The number of benzene rings is 1. The Bertz CT molecular complexity index is 406. The number of Topliss-reactive ketones (excluding diaryl/α,β-unsaturated/α-hetero) is 1. The molecule has 1 aromatic rings. The Balaban J connectivity index is 2.54. The number of allylic oxidation sites excluding steroid dienone is 1. The van der Waals surface area contributed by atoms with E-state index >= 15 is 0 Å². The summed E-state index contributed by atoms with van der Waals surface area (Å²) in [7, 11) is 0. The van der Waals surface area contributed by atoms with E-state index in [-0.39, 0.29) is 5.41 Å². The number of hydrogen-bond acceptors (Lipinski definition) is 1. The number of aryl methyl sites for hydroxylation is 1. The first-order valence-corrected chi connectivity index (χ1v) is 5.41. The van der Waals surface area contributed by atoms with E-state index < -0.39 is 0 Å². The molecular formula is C14H16O. The first-order valence-electron chi connectivity index (χ1n) is 5.41. The second kappa shape index (κ2) is 3.65. The molecule has 1 aromatic carbocycles. The molecule has 0 bridgehead atoms. The predicted octanol–water partition coefficient (Wildman–Crippen LogP) is 3.04. The third-order valence-electron chi connectivity index (χ3n) is 3.40. The van der Waals surface area contributed by atoms with Crippen molar-refractivity contribution in [2.45, 2.75) is 31.6 Å². The molecule has 0 fully saturated rings. The normalized spacial score (nSPS) is 24.7. The SMILES string of the molecule is C=CC[C@]1(C)C(=O)CCc2ccccc21. The number of rotatable bonds is 2. The molecule has 0 unspecified atom stereocenters. The van der Waals surface area contributed by atoms with Crippen LogP contribution in [-0.2, 0) is 16.6 Å². The van der Waals surface area contributed by atoms with Crippen LogP contribution >= 0.6 is 0 Å². The lowest BCUT2D eigenvalue weighted by molar-refractivity contribution is -0.124. The van der Waals surface area contributed by atoms with E-state index in [1.807, 2.05) is 25.1 Å². The molecule has 1 nitrogen and oxygen atoms in total. The topological polar surface area (TPSA) is 17.1 Å². The van der Waals surface area contributed by atoms with Crippen molar-refractivity contribution in [1.82, 2.24) is 0 Å². The van der Waals surface area contributed by atoms with Crippen LogP contribution in [-0.4, -0.2) is 5.78 Å². The average molecular weight is 200 g/mol. The molecular weight excluding hydrogens is 184 g/mol. The summed E-state index contributed by atoms with van der Waals surface area (Å²) in [6.07, 6.45) is 4.14. The minimum absolute atomic E-state index is 0.337. The first-order chi connectivity index (χ1) is 7.18. The summed E-state index contributed by atoms with van der Waals surface area (Å²) in [6.45, 7) is 5.79. The highest BCUT2D eigenvalue weighted by Gasteiger charge is 2.37. The van der Waals surface area contributed by atoms with Gasteiger partial charge in [0.2, 0.25) is 0 Å². The van der Waals surface area contributed by atoms with Crippen LogP contribution in [0.3, 0.4) is 0 Å². The molecule has 15 heavy (non-hydrogen) atoms. The average Bonchev–Trinajstić information content (AvgIpc) is 2.25. The highest BCUT2D eigenvalue weighted by Crippen LogP contribution is 2.37. The van der Waals surface area contributed by atoms with Crippen molar-refractivity contribution in [3.05, 3.63) is 48.0 Å². The van der Waals surface area contributed by atoms with Gasteiger partial charge in [-0.05, 0) is 30.9 Å². The predicted molar refractivity (Wildman–Crippen MR) is 61.9 cm³/mol. The van der Waals surface area contributed by atoms with Gasteiger partial charge in [-0.15, -0.1) is 6.58 Å². The van der Waals surface area contributed by atoms with Gasteiger partial charge >= 0.3 is 0 Å². The molecule has 0 radical (unpaired) electrons. The minimum Gasteiger partial charge on any atom is -0.299 e. The Labute approximate surface area is 90.8 Å². The van der Waals surface area contributed by atoms with Crippen molar-refractivity contribution < 1.29 is 4.79 Å². The molecule has 0 aliphatic heterocycles. The van der Waals surface area contributed by atoms with Gasteiger partial charge in [-0.25, -0.2) is 0 Å². The van der Waals surface area contributed by atoms with E-state index in [1.54, 1.807) is 0 Å². The summed E-state index contributed by atoms with van der Waals surface area (Å²) in [6, 6.07) is 8.26. The van der Waals surface area contributed by atoms with Crippen LogP contribution in [0.25, 0.3) is 0 Å². The third kappa shape index (κ3) is 1.52. The van der Waals surface area contributed by atoms with Gasteiger partial charge in [0.1, 0.15) is 5.78 Å². The number of ketones is 1. The van der Waals surface area contributed by atoms with Crippen LogP contribution < -0.4 is 0 Å². The number of carbonyl (C=O) groups is 1. The number of hydrogen-bond donors (Lipinski definition) is 0. The van der Waals surface area contributed by atoms with Crippen LogP contribution in [0.5, 0.6) is 0 Å². The third-order valence-corrected chi connectivity index (χ3v) is 3.40. The lowest BCUT2D eigenvalue weighted by atomic mass is 9.68. The Kier molecular flexibility index (Phi) is 2.47. The summed E-state index contributed by atoms with van der Waals surface area (Å²) in [5.41, 5.74) is 2.18. The Morgan fingerprint density at radius 2 is 2.13 bits per heavy atom. The van der Waals surface area contributed by atoms with Gasteiger partial charge in [0.25, 0.3) is 0 Å². The highest BCUT2D eigenvalue weighted by molar-refractivity contribution is 5.92. The summed E-state index contributed by atoms with van der Waals surface area (Å²) in [5, 5.41) is 0. The molecule has 0 saturated heterocycles. The van der Waals surface area contributed by atoms with Gasteiger partial charge in [0.15, 0.2) is 0 Å². The van der Waals surface area contributed by atoms with Gasteiger partial charge in [-0.3, -0.25) is 4.79 Å². The molecule has 2 rings (SSSR count). The Morgan fingerprint density at radius 3 is 2.87 bits per heavy atom. The fourth-order valence-corrected chi connectivity index (χ4v) is 2.46. The molecule has 0 heterocycles. The van der Waals surface area contributed by atoms with Crippen LogP contribution in [0.15, 0.2) is 36.9 Å². The van der Waals surface area contributed by atoms with Gasteiger partial charge < -0.3 is 0 Å². The van der Waals surface area contributed by atoms with Gasteiger partial charge in [-0.1, -0.05) is 30.3 Å². The van der Waals surface area contributed by atoms with E-state index in [2.05, 4.69) is 18.7 Å². The van der Waals surface area contributed by atoms with Crippen molar-refractivity contribution >= 4 is 5.78 Å². The van der Waals surface area contributed by atoms with Crippen molar-refractivity contribution in [3.8, 4) is 0 Å². The summed E-state index contributed by atoms with van der Waals surface area (Å²) >= 11 is 0. The molecule has 78 valence electrons. The fourth-order valence-electron chi connectivity index (χ4n) is 2.46. The van der Waals surface area contributed by atoms with Crippen LogP contribution in [0.2, 0.25) is 0 Å². The van der Waals surface area contributed by atoms with Crippen LogP contribution in [0.4, 0.5) is 0 Å². The molecule has 1 atom stereocenters. The maximum Gasteiger partial charge on any atom is 0.143 e. The van der Waals surface area contributed by atoms with Crippen LogP contribution in [0, 0.1) is 0 Å². The van der Waals surface area contributed by atoms with E-state index in [9.17, 15) is 4.79 Å². The molecule has 0 amide bonds. The van der Waals surface area contributed by atoms with Crippen LogP contribution in [0.1, 0.15) is 30.9 Å². The summed E-state index contributed by atoms with van der Waals surface area (Å²) in [5.74, 6) is 0.348. The van der Waals surface area contributed by atoms with E-state index in [0.717, 1.165) is 12.8 Å². The maximum absolute atomic E-state index is 12.0. The first kappa shape index (κ1) is 10.2. The second-order valence-corrected chi connectivity index (χ2v) is 4.41. The zero-order valence-electron chi connectivity index (χ0n) is 9.12. The smallest absolute Gasteiger partial charge is 0.143 e. The lowest BCUT2D eigenvalue weighted by Gasteiger charge is -2.33. The van der Waals surface area contributed by atoms with Gasteiger partial charge in [0, 0.05) is 6.42 Å². The standard InChI is InChI=1S/C14H16O/c1-3-10-14(2)12-7-5-4-6-11(12)8-9-13(14)15/h3-7H,1,8-10H2,2H3/t14-/m0/s1. The van der Waals surface area contributed by atoms with Crippen molar-refractivity contribution in [3.63, 3.8) is 0 Å². The molecule has 1 heteroatoms. The molecule has 0 saturated carbocycles. The summed E-state index contributed by atoms with van der Waals surface area (Å²) < 4.78 is 0. The highest BCUT2D eigenvalue weighted by atomic mass is 16.1. The lowest BCUT2D eigenvalue weighted by Crippen LogP contribution is -2.36. The van der Waals surface area contributed by atoms with E-state index in [1.165, 1.54) is 11.1 Å². The molecule has 0 aromatic heterocycles. The largest absolute Gasteiger partial charge is 0.299 e. The van der Waals surface area contributed by atoms with E-state index in [4.69, 9.17) is 0 Å². The maximum atomic E-state index is 12.0. The second-order valence-electron chi connectivity index (χ2n) is 4.41.